The first-order valence-electron chi connectivity index (χ1n) is 6.50. The number of ether oxygens (including phenoxy) is 1. The van der Waals surface area contributed by atoms with Crippen LogP contribution in [0.15, 0.2) is 16.1 Å². The fourth-order valence-corrected chi connectivity index (χ4v) is 1.74. The van der Waals surface area contributed by atoms with Gasteiger partial charge in [0.25, 0.3) is 0 Å². The van der Waals surface area contributed by atoms with Crippen LogP contribution in [0.4, 0.5) is 0 Å². The summed E-state index contributed by atoms with van der Waals surface area (Å²) >= 11 is 0. The third kappa shape index (κ3) is 4.91. The first-order valence-corrected chi connectivity index (χ1v) is 6.50. The van der Waals surface area contributed by atoms with E-state index in [-0.39, 0.29) is 5.97 Å². The van der Waals surface area contributed by atoms with Gasteiger partial charge < -0.3 is 14.5 Å². The van der Waals surface area contributed by atoms with E-state index in [4.69, 9.17) is 9.15 Å². The predicted molar refractivity (Wildman–Crippen MR) is 76.1 cm³/mol. The van der Waals surface area contributed by atoms with E-state index < -0.39 is 0 Å². The molecule has 1 rings (SSSR count). The van der Waals surface area contributed by atoms with Crippen molar-refractivity contribution in [3.8, 4) is 0 Å². The molecular formula is C15H23NO3. The van der Waals surface area contributed by atoms with Gasteiger partial charge in [0.2, 0.25) is 0 Å². The largest absolute Gasteiger partial charge is 0.465 e. The molecule has 4 heteroatoms. The van der Waals surface area contributed by atoms with Crippen molar-refractivity contribution < 1.29 is 13.9 Å². The summed E-state index contributed by atoms with van der Waals surface area (Å²) in [4.78, 5) is 11.5. The fourth-order valence-electron chi connectivity index (χ4n) is 1.74. The molecule has 0 saturated carbocycles. The van der Waals surface area contributed by atoms with Crippen molar-refractivity contribution in [1.82, 2.24) is 5.32 Å². The predicted octanol–water partition coefficient (Wildman–Crippen LogP) is 3.02. The molecule has 19 heavy (non-hydrogen) atoms. The van der Waals surface area contributed by atoms with Crippen LogP contribution in [0.3, 0.4) is 0 Å². The number of carbonyl (C=O) groups excluding carboxylic acids is 1. The molecule has 0 spiro atoms. The minimum absolute atomic E-state index is 0.364. The van der Waals surface area contributed by atoms with Crippen LogP contribution >= 0.6 is 0 Å². The van der Waals surface area contributed by atoms with E-state index in [1.54, 1.807) is 13.0 Å². The lowest BCUT2D eigenvalue weighted by atomic mass is 10.2. The molecule has 0 radical (unpaired) electrons. The molecule has 0 aliphatic carbocycles. The number of furan rings is 1. The van der Waals surface area contributed by atoms with E-state index in [1.807, 2.05) is 13.0 Å². The fraction of sp³-hybridized carbons (Fsp3) is 0.533. The highest BCUT2D eigenvalue weighted by Crippen LogP contribution is 2.18. The highest BCUT2D eigenvalue weighted by atomic mass is 16.5. The number of hydrogen-bond acceptors (Lipinski definition) is 4. The Labute approximate surface area is 114 Å². The minimum atomic E-state index is -0.364. The summed E-state index contributed by atoms with van der Waals surface area (Å²) in [5.74, 6) is 1.53. The van der Waals surface area contributed by atoms with Gasteiger partial charge in [-0.1, -0.05) is 19.4 Å². The molecule has 0 aromatic carbocycles. The van der Waals surface area contributed by atoms with Crippen molar-refractivity contribution in [2.75, 3.05) is 20.2 Å². The number of methoxy groups -OCH3 is 1. The topological polar surface area (TPSA) is 51.5 Å². The van der Waals surface area contributed by atoms with Gasteiger partial charge in [-0.3, -0.25) is 0 Å². The van der Waals surface area contributed by atoms with Crippen LogP contribution in [0.5, 0.6) is 0 Å². The smallest absolute Gasteiger partial charge is 0.341 e. The van der Waals surface area contributed by atoms with Crippen molar-refractivity contribution in [3.05, 3.63) is 28.7 Å². The highest BCUT2D eigenvalue weighted by molar-refractivity contribution is 5.91. The summed E-state index contributed by atoms with van der Waals surface area (Å²) in [7, 11) is 1.37. The molecule has 1 aromatic heterocycles. The molecule has 0 unspecified atom stereocenters. The normalized spacial score (nSPS) is 12.0. The number of nitrogens with one attached hydrogen (secondary N) is 1. The second-order valence-corrected chi connectivity index (χ2v) is 5.13. The number of esters is 1. The SMILES string of the molecule is COC(=O)c1cc(C=C(C)CNCC(C)C)oc1C. The van der Waals surface area contributed by atoms with Gasteiger partial charge in [0, 0.05) is 6.54 Å². The zero-order valence-electron chi connectivity index (χ0n) is 12.4. The third-order valence-electron chi connectivity index (χ3n) is 2.69. The Kier molecular flexibility index (Phi) is 5.83. The molecule has 4 nitrogen and oxygen atoms in total. The molecule has 0 aliphatic heterocycles. The Bertz CT molecular complexity index is 458. The van der Waals surface area contributed by atoms with Crippen LogP contribution in [0.2, 0.25) is 0 Å². The van der Waals surface area contributed by atoms with Crippen LogP contribution in [-0.2, 0) is 4.74 Å². The van der Waals surface area contributed by atoms with Crippen LogP contribution in [0.25, 0.3) is 6.08 Å². The lowest BCUT2D eigenvalue weighted by Crippen LogP contribution is -2.21. The maximum absolute atomic E-state index is 11.5. The molecule has 0 saturated heterocycles. The zero-order chi connectivity index (χ0) is 14.4. The summed E-state index contributed by atoms with van der Waals surface area (Å²) in [6.45, 7) is 9.93. The average molecular weight is 265 g/mol. The Morgan fingerprint density at radius 2 is 2.21 bits per heavy atom. The highest BCUT2D eigenvalue weighted by Gasteiger charge is 2.14. The van der Waals surface area contributed by atoms with Crippen LogP contribution in [0.1, 0.15) is 42.6 Å². The second-order valence-electron chi connectivity index (χ2n) is 5.13. The summed E-state index contributed by atoms with van der Waals surface area (Å²) in [6, 6.07) is 1.72. The van der Waals surface area contributed by atoms with Crippen molar-refractivity contribution in [2.45, 2.75) is 27.7 Å². The van der Waals surface area contributed by atoms with Crippen molar-refractivity contribution in [3.63, 3.8) is 0 Å². The summed E-state index contributed by atoms with van der Waals surface area (Å²) in [5, 5.41) is 3.36. The molecule has 0 fully saturated rings. The quantitative estimate of drug-likeness (QED) is 0.803. The molecule has 0 aliphatic rings. The molecular weight excluding hydrogens is 242 g/mol. The van der Waals surface area contributed by atoms with E-state index in [1.165, 1.54) is 7.11 Å². The van der Waals surface area contributed by atoms with Gasteiger partial charge in [0.15, 0.2) is 0 Å². The maximum atomic E-state index is 11.5. The standard InChI is InChI=1S/C15H23NO3/c1-10(2)8-16-9-11(3)6-13-7-14(12(4)19-13)15(17)18-5/h6-7,10,16H,8-9H2,1-5H3. The Balaban J connectivity index is 2.68. The van der Waals surface area contributed by atoms with Gasteiger partial charge in [0.1, 0.15) is 17.1 Å². The summed E-state index contributed by atoms with van der Waals surface area (Å²) in [5.41, 5.74) is 1.64. The Morgan fingerprint density at radius 3 is 2.79 bits per heavy atom. The monoisotopic (exact) mass is 265 g/mol. The molecule has 0 atom stereocenters. The maximum Gasteiger partial charge on any atom is 0.341 e. The molecule has 0 bridgehead atoms. The van der Waals surface area contributed by atoms with Gasteiger partial charge in [-0.05, 0) is 38.5 Å². The number of rotatable bonds is 6. The average Bonchev–Trinajstić information content (AvgIpc) is 2.68. The van der Waals surface area contributed by atoms with Crippen LogP contribution in [0, 0.1) is 12.8 Å². The number of hydrogen-bond donors (Lipinski definition) is 1. The van der Waals surface area contributed by atoms with E-state index in [9.17, 15) is 4.79 Å². The molecule has 0 amide bonds. The van der Waals surface area contributed by atoms with E-state index in [0.717, 1.165) is 18.7 Å². The molecule has 1 heterocycles. The van der Waals surface area contributed by atoms with E-state index >= 15 is 0 Å². The Morgan fingerprint density at radius 1 is 1.53 bits per heavy atom. The third-order valence-corrected chi connectivity index (χ3v) is 2.69. The second kappa shape index (κ2) is 7.14. The molecule has 106 valence electrons. The van der Waals surface area contributed by atoms with Gasteiger partial charge in [0.05, 0.1) is 7.11 Å². The first-order chi connectivity index (χ1) is 8.93. The number of aryl methyl sites for hydroxylation is 1. The Hall–Kier alpha value is -1.55. The first kappa shape index (κ1) is 15.5. The van der Waals surface area contributed by atoms with Crippen LogP contribution < -0.4 is 5.32 Å². The van der Waals surface area contributed by atoms with Crippen molar-refractivity contribution >= 4 is 12.0 Å². The van der Waals surface area contributed by atoms with E-state index in [2.05, 4.69) is 19.2 Å². The van der Waals surface area contributed by atoms with Gasteiger partial charge in [-0.15, -0.1) is 0 Å². The van der Waals surface area contributed by atoms with Crippen LogP contribution in [-0.4, -0.2) is 26.2 Å². The van der Waals surface area contributed by atoms with Gasteiger partial charge in [-0.2, -0.15) is 0 Å². The summed E-state index contributed by atoms with van der Waals surface area (Å²) < 4.78 is 10.2. The van der Waals surface area contributed by atoms with Gasteiger partial charge >= 0.3 is 5.97 Å². The zero-order valence-corrected chi connectivity index (χ0v) is 12.4. The lowest BCUT2D eigenvalue weighted by molar-refractivity contribution is 0.0599. The van der Waals surface area contributed by atoms with E-state index in [0.29, 0.717) is 23.0 Å². The lowest BCUT2D eigenvalue weighted by Gasteiger charge is -2.06. The summed E-state index contributed by atoms with van der Waals surface area (Å²) in [6.07, 6.45) is 1.94. The number of carbonyl (C=O) groups is 1. The van der Waals surface area contributed by atoms with Crippen molar-refractivity contribution in [2.24, 2.45) is 5.92 Å². The molecule has 1 N–H and O–H groups in total. The van der Waals surface area contributed by atoms with Crippen molar-refractivity contribution in [1.29, 1.82) is 0 Å². The minimum Gasteiger partial charge on any atom is -0.465 e. The molecule has 1 aromatic rings. The van der Waals surface area contributed by atoms with Gasteiger partial charge in [-0.25, -0.2) is 4.79 Å².